The third-order valence-electron chi connectivity index (χ3n) is 4.96. The van der Waals surface area contributed by atoms with Crippen molar-refractivity contribution >= 4 is 17.5 Å². The molecule has 1 amide bonds. The molecule has 0 radical (unpaired) electrons. The highest BCUT2D eigenvalue weighted by Crippen LogP contribution is 2.32. The molecule has 3 aromatic carbocycles. The maximum absolute atomic E-state index is 13.2. The van der Waals surface area contributed by atoms with Gasteiger partial charge in [-0.25, -0.2) is 4.39 Å². The van der Waals surface area contributed by atoms with Crippen LogP contribution >= 0.6 is 11.6 Å². The van der Waals surface area contributed by atoms with Gasteiger partial charge in [-0.15, -0.1) is 0 Å². The molecule has 33 heavy (non-hydrogen) atoms. The van der Waals surface area contributed by atoms with E-state index in [1.807, 2.05) is 0 Å². The molecule has 0 aliphatic heterocycles. The Morgan fingerprint density at radius 3 is 2.42 bits per heavy atom. The summed E-state index contributed by atoms with van der Waals surface area (Å²) in [5, 5.41) is 9.63. The number of amides is 1. The maximum Gasteiger partial charge on any atom is 0.416 e. The first-order valence-corrected chi connectivity index (χ1v) is 10.1. The summed E-state index contributed by atoms with van der Waals surface area (Å²) in [7, 11) is 0. The van der Waals surface area contributed by atoms with E-state index in [0.717, 1.165) is 12.1 Å². The molecule has 9 heteroatoms. The number of aromatic nitrogens is 2. The van der Waals surface area contributed by atoms with Crippen molar-refractivity contribution in [1.29, 1.82) is 0 Å². The molecule has 4 rings (SSSR count). The van der Waals surface area contributed by atoms with Crippen molar-refractivity contribution in [2.75, 3.05) is 0 Å². The number of hydrogen-bond donors (Lipinski definition) is 2. The van der Waals surface area contributed by atoms with Crippen molar-refractivity contribution in [1.82, 2.24) is 15.5 Å². The second-order valence-electron chi connectivity index (χ2n) is 7.25. The van der Waals surface area contributed by atoms with E-state index >= 15 is 0 Å². The van der Waals surface area contributed by atoms with Crippen molar-refractivity contribution in [2.45, 2.75) is 12.7 Å². The van der Waals surface area contributed by atoms with Gasteiger partial charge in [-0.1, -0.05) is 41.9 Å². The summed E-state index contributed by atoms with van der Waals surface area (Å²) in [4.78, 5) is 12.4. The van der Waals surface area contributed by atoms with Crippen LogP contribution in [-0.4, -0.2) is 16.1 Å². The second-order valence-corrected chi connectivity index (χ2v) is 7.66. The van der Waals surface area contributed by atoms with Gasteiger partial charge in [0.2, 0.25) is 0 Å². The molecule has 4 aromatic rings. The van der Waals surface area contributed by atoms with Crippen molar-refractivity contribution in [3.05, 3.63) is 100 Å². The van der Waals surface area contributed by atoms with Gasteiger partial charge in [0.25, 0.3) is 5.91 Å². The second kappa shape index (κ2) is 9.07. The molecule has 0 bridgehead atoms. The first-order chi connectivity index (χ1) is 15.7. The fourth-order valence-electron chi connectivity index (χ4n) is 3.21. The minimum Gasteiger partial charge on any atom is -0.348 e. The lowest BCUT2D eigenvalue weighted by Crippen LogP contribution is -2.22. The lowest BCUT2D eigenvalue weighted by atomic mass is 10.1. The van der Waals surface area contributed by atoms with Crippen molar-refractivity contribution in [3.8, 4) is 22.5 Å². The normalized spacial score (nSPS) is 11.4. The predicted octanol–water partition coefficient (Wildman–Crippen LogP) is 6.49. The van der Waals surface area contributed by atoms with Gasteiger partial charge in [-0.3, -0.25) is 9.89 Å². The summed E-state index contributed by atoms with van der Waals surface area (Å²) in [5.41, 5.74) is 2.33. The highest BCUT2D eigenvalue weighted by Gasteiger charge is 2.30. The molecule has 4 nitrogen and oxygen atoms in total. The number of alkyl halides is 3. The van der Waals surface area contributed by atoms with Crippen LogP contribution in [0.1, 0.15) is 21.5 Å². The van der Waals surface area contributed by atoms with Crippen LogP contribution in [0.4, 0.5) is 17.6 Å². The zero-order valence-electron chi connectivity index (χ0n) is 16.9. The Balaban J connectivity index is 1.45. The Kier molecular flexibility index (Phi) is 6.20. The van der Waals surface area contributed by atoms with Crippen LogP contribution in [0.3, 0.4) is 0 Å². The highest BCUT2D eigenvalue weighted by atomic mass is 35.5. The molecule has 0 aliphatic carbocycles. The van der Waals surface area contributed by atoms with Gasteiger partial charge in [0.15, 0.2) is 0 Å². The van der Waals surface area contributed by atoms with Crippen LogP contribution in [0.2, 0.25) is 5.02 Å². The molecule has 0 spiro atoms. The number of rotatable bonds is 5. The zero-order valence-corrected chi connectivity index (χ0v) is 17.6. The number of H-pyrrole nitrogens is 1. The molecule has 168 valence electrons. The Morgan fingerprint density at radius 1 is 0.970 bits per heavy atom. The lowest BCUT2D eigenvalue weighted by Gasteiger charge is -2.07. The Labute approximate surface area is 191 Å². The van der Waals surface area contributed by atoms with Gasteiger partial charge in [-0.05, 0) is 53.6 Å². The summed E-state index contributed by atoms with van der Waals surface area (Å²) in [6.07, 6.45) is -4.44. The molecule has 0 saturated carbocycles. The number of hydrogen-bond acceptors (Lipinski definition) is 2. The Morgan fingerprint density at radius 2 is 1.73 bits per heavy atom. The molecule has 0 aliphatic rings. The van der Waals surface area contributed by atoms with Crippen LogP contribution in [-0.2, 0) is 12.7 Å². The number of nitrogens with one attached hydrogen (secondary N) is 2. The lowest BCUT2D eigenvalue weighted by molar-refractivity contribution is -0.137. The van der Waals surface area contributed by atoms with Crippen molar-refractivity contribution < 1.29 is 22.4 Å². The largest absolute Gasteiger partial charge is 0.416 e. The van der Waals surface area contributed by atoms with E-state index in [1.54, 1.807) is 36.4 Å². The molecule has 1 heterocycles. The van der Waals surface area contributed by atoms with E-state index in [0.29, 0.717) is 33.6 Å². The van der Waals surface area contributed by atoms with Gasteiger partial charge >= 0.3 is 6.18 Å². The van der Waals surface area contributed by atoms with E-state index < -0.39 is 17.6 Å². The number of benzene rings is 3. The van der Waals surface area contributed by atoms with Crippen LogP contribution < -0.4 is 5.32 Å². The predicted molar refractivity (Wildman–Crippen MR) is 117 cm³/mol. The summed E-state index contributed by atoms with van der Waals surface area (Å²) in [5.74, 6) is -0.853. The number of nitrogens with zero attached hydrogens (tertiary/aromatic N) is 1. The molecular formula is C24H16ClF4N3O. The SMILES string of the molecule is O=C(NCc1ccc(F)c(Cl)c1)c1ccc(-c2cc(-c3cccc(C(F)(F)F)c3)n[nH]2)cc1. The van der Waals surface area contributed by atoms with Gasteiger partial charge in [0.05, 0.1) is 22.0 Å². The molecule has 0 unspecified atom stereocenters. The van der Waals surface area contributed by atoms with Gasteiger partial charge in [0.1, 0.15) is 5.82 Å². The molecular weight excluding hydrogens is 458 g/mol. The Hall–Kier alpha value is -3.65. The van der Waals surface area contributed by atoms with E-state index in [4.69, 9.17) is 11.6 Å². The number of carbonyl (C=O) groups is 1. The van der Waals surface area contributed by atoms with E-state index in [-0.39, 0.29) is 17.5 Å². The van der Waals surface area contributed by atoms with E-state index in [9.17, 15) is 22.4 Å². The average Bonchev–Trinajstić information content (AvgIpc) is 3.30. The van der Waals surface area contributed by atoms with Crippen LogP contribution in [0.15, 0.2) is 72.8 Å². The fraction of sp³-hybridized carbons (Fsp3) is 0.0833. The summed E-state index contributed by atoms with van der Waals surface area (Å²) < 4.78 is 52.1. The molecule has 0 fully saturated rings. The number of aromatic amines is 1. The van der Waals surface area contributed by atoms with Crippen LogP contribution in [0.5, 0.6) is 0 Å². The van der Waals surface area contributed by atoms with Crippen LogP contribution in [0.25, 0.3) is 22.5 Å². The molecule has 0 saturated heterocycles. The summed E-state index contributed by atoms with van der Waals surface area (Å²) in [6, 6.07) is 17.4. The topological polar surface area (TPSA) is 57.8 Å². The maximum atomic E-state index is 13.2. The van der Waals surface area contributed by atoms with Crippen molar-refractivity contribution in [2.24, 2.45) is 0 Å². The third kappa shape index (κ3) is 5.23. The fourth-order valence-corrected chi connectivity index (χ4v) is 3.41. The van der Waals surface area contributed by atoms with E-state index in [2.05, 4.69) is 15.5 Å². The van der Waals surface area contributed by atoms with Gasteiger partial charge in [0, 0.05) is 17.7 Å². The highest BCUT2D eigenvalue weighted by molar-refractivity contribution is 6.30. The minimum atomic E-state index is -4.44. The number of carbonyl (C=O) groups excluding carboxylic acids is 1. The van der Waals surface area contributed by atoms with Crippen LogP contribution in [0, 0.1) is 5.82 Å². The smallest absolute Gasteiger partial charge is 0.348 e. The Bertz CT molecular complexity index is 1300. The monoisotopic (exact) mass is 473 g/mol. The first-order valence-electron chi connectivity index (χ1n) is 9.76. The standard InChI is InChI=1S/C24H16ClF4N3O/c25-19-10-14(4-9-20(19)26)13-30-23(33)16-7-5-15(6-8-16)21-12-22(32-31-21)17-2-1-3-18(11-17)24(27,28)29/h1-12H,13H2,(H,30,33)(H,31,32). The number of halogens is 5. The average molecular weight is 474 g/mol. The van der Waals surface area contributed by atoms with Crippen molar-refractivity contribution in [3.63, 3.8) is 0 Å². The molecule has 2 N–H and O–H groups in total. The van der Waals surface area contributed by atoms with E-state index in [1.165, 1.54) is 24.3 Å². The van der Waals surface area contributed by atoms with Gasteiger partial charge < -0.3 is 5.32 Å². The van der Waals surface area contributed by atoms with Gasteiger partial charge in [-0.2, -0.15) is 18.3 Å². The first kappa shape index (κ1) is 22.5. The summed E-state index contributed by atoms with van der Waals surface area (Å²) in [6.45, 7) is 0.182. The third-order valence-corrected chi connectivity index (χ3v) is 5.25. The molecule has 0 atom stereocenters. The zero-order chi connectivity index (χ0) is 23.6. The molecule has 1 aromatic heterocycles. The summed E-state index contributed by atoms with van der Waals surface area (Å²) >= 11 is 5.74. The quantitative estimate of drug-likeness (QED) is 0.326. The minimum absolute atomic E-state index is 0.0184.